The molecule has 2 N–H and O–H groups in total. The number of halogens is 1. The molecule has 0 aliphatic carbocycles. The van der Waals surface area contributed by atoms with E-state index < -0.39 is 0 Å². The van der Waals surface area contributed by atoms with Crippen molar-refractivity contribution in [2.45, 2.75) is 19.5 Å². The first-order chi connectivity index (χ1) is 10.2. The van der Waals surface area contributed by atoms with Gasteiger partial charge in [0.25, 0.3) is 0 Å². The molecule has 0 radical (unpaired) electrons. The van der Waals surface area contributed by atoms with Gasteiger partial charge in [-0.3, -0.25) is 0 Å². The van der Waals surface area contributed by atoms with E-state index in [0.29, 0.717) is 18.3 Å². The minimum Gasteiger partial charge on any atom is -0.491 e. The van der Waals surface area contributed by atoms with Crippen LogP contribution >= 0.6 is 11.6 Å². The molecule has 1 aromatic carbocycles. The molecule has 0 aliphatic heterocycles. The van der Waals surface area contributed by atoms with Crippen molar-refractivity contribution in [1.29, 1.82) is 0 Å². The Bertz CT molecular complexity index is 578. The lowest BCUT2D eigenvalue weighted by molar-refractivity contribution is 0.200. The molecule has 21 heavy (non-hydrogen) atoms. The molecular formula is C16H19ClN2O2. The van der Waals surface area contributed by atoms with Gasteiger partial charge in [-0.2, -0.15) is 0 Å². The summed E-state index contributed by atoms with van der Waals surface area (Å²) in [4.78, 5) is 3.98. The van der Waals surface area contributed by atoms with Crippen molar-refractivity contribution in [3.05, 3.63) is 58.9 Å². The molecule has 0 amide bonds. The zero-order valence-corrected chi connectivity index (χ0v) is 12.7. The van der Waals surface area contributed by atoms with E-state index in [1.165, 1.54) is 0 Å². The number of nitrogens with one attached hydrogen (secondary N) is 1. The summed E-state index contributed by atoms with van der Waals surface area (Å²) < 4.78 is 5.52. The fourth-order valence-corrected chi connectivity index (χ4v) is 2.20. The smallest absolute Gasteiger partial charge is 0.129 e. The van der Waals surface area contributed by atoms with E-state index in [1.54, 1.807) is 6.20 Å². The van der Waals surface area contributed by atoms with Crippen molar-refractivity contribution < 1.29 is 9.84 Å². The van der Waals surface area contributed by atoms with Gasteiger partial charge in [-0.05, 0) is 30.7 Å². The lowest BCUT2D eigenvalue weighted by Crippen LogP contribution is -2.19. The Balaban J connectivity index is 1.99. The quantitative estimate of drug-likeness (QED) is 0.772. The summed E-state index contributed by atoms with van der Waals surface area (Å²) in [6.45, 7) is 3.05. The summed E-state index contributed by atoms with van der Waals surface area (Å²) in [6, 6.07) is 11.7. The Hall–Kier alpha value is -1.62. The Morgan fingerprint density at radius 2 is 2.14 bits per heavy atom. The number of hydrogen-bond acceptors (Lipinski definition) is 4. The molecule has 5 heteroatoms. The first-order valence-electron chi connectivity index (χ1n) is 6.87. The fourth-order valence-electron chi connectivity index (χ4n) is 2.01. The van der Waals surface area contributed by atoms with Gasteiger partial charge in [-0.15, -0.1) is 0 Å². The topological polar surface area (TPSA) is 54.4 Å². The van der Waals surface area contributed by atoms with Crippen LogP contribution in [0.25, 0.3) is 0 Å². The van der Waals surface area contributed by atoms with Crippen molar-refractivity contribution in [3.63, 3.8) is 0 Å². The summed E-state index contributed by atoms with van der Waals surface area (Å²) >= 11 is 5.91. The summed E-state index contributed by atoms with van der Waals surface area (Å²) in [7, 11) is 0. The summed E-state index contributed by atoms with van der Waals surface area (Å²) in [6.07, 6.45) is 1.70. The van der Waals surface area contributed by atoms with Gasteiger partial charge in [0.15, 0.2) is 0 Å². The highest BCUT2D eigenvalue weighted by Crippen LogP contribution is 2.20. The predicted molar refractivity (Wildman–Crippen MR) is 83.5 cm³/mol. The molecule has 0 saturated heterocycles. The lowest BCUT2D eigenvalue weighted by atomic mass is 10.1. The van der Waals surface area contributed by atoms with Crippen LogP contribution in [0.5, 0.6) is 5.75 Å². The van der Waals surface area contributed by atoms with E-state index in [4.69, 9.17) is 21.4 Å². The molecule has 0 spiro atoms. The number of pyridine rings is 1. The van der Waals surface area contributed by atoms with Crippen molar-refractivity contribution in [2.24, 2.45) is 0 Å². The van der Waals surface area contributed by atoms with Gasteiger partial charge in [0.05, 0.1) is 6.61 Å². The number of ether oxygens (including phenoxy) is 1. The number of aliphatic hydroxyl groups excluding tert-OH is 1. The molecule has 0 bridgehead atoms. The minimum absolute atomic E-state index is 0.00762. The molecule has 2 aromatic rings. The Morgan fingerprint density at radius 1 is 1.33 bits per heavy atom. The number of hydrogen-bond donors (Lipinski definition) is 2. The number of benzene rings is 1. The number of nitrogens with zero attached hydrogens (tertiary/aromatic N) is 1. The van der Waals surface area contributed by atoms with Gasteiger partial charge in [-0.1, -0.05) is 29.8 Å². The minimum atomic E-state index is 0.00762. The SMILES string of the molecule is CC(NCc1ccccc1OCCO)c1ccnc(Cl)c1. The van der Waals surface area contributed by atoms with Crippen molar-refractivity contribution in [2.75, 3.05) is 13.2 Å². The number of rotatable bonds is 7. The van der Waals surface area contributed by atoms with E-state index >= 15 is 0 Å². The highest BCUT2D eigenvalue weighted by atomic mass is 35.5. The molecule has 1 heterocycles. The van der Waals surface area contributed by atoms with Crippen molar-refractivity contribution >= 4 is 11.6 Å². The lowest BCUT2D eigenvalue weighted by Gasteiger charge is -2.16. The maximum atomic E-state index is 8.85. The summed E-state index contributed by atoms with van der Waals surface area (Å²) in [5.41, 5.74) is 2.14. The molecule has 0 fully saturated rings. The van der Waals surface area contributed by atoms with Crippen LogP contribution in [-0.2, 0) is 6.54 Å². The van der Waals surface area contributed by atoms with Crippen LogP contribution in [-0.4, -0.2) is 23.3 Å². The van der Waals surface area contributed by atoms with Crippen LogP contribution in [0.1, 0.15) is 24.1 Å². The zero-order valence-electron chi connectivity index (χ0n) is 11.9. The van der Waals surface area contributed by atoms with Crippen LogP contribution in [0, 0.1) is 0 Å². The first kappa shape index (κ1) is 15.8. The maximum absolute atomic E-state index is 8.85. The molecule has 0 saturated carbocycles. The highest BCUT2D eigenvalue weighted by Gasteiger charge is 2.08. The van der Waals surface area contributed by atoms with Crippen molar-refractivity contribution in [3.8, 4) is 5.75 Å². The molecule has 1 atom stereocenters. The molecule has 112 valence electrons. The third-order valence-corrected chi connectivity index (χ3v) is 3.38. The van der Waals surface area contributed by atoms with Crippen molar-refractivity contribution in [1.82, 2.24) is 10.3 Å². The Kier molecular flexibility index (Phi) is 5.99. The van der Waals surface area contributed by atoms with Crippen LogP contribution < -0.4 is 10.1 Å². The van der Waals surface area contributed by atoms with Gasteiger partial charge in [-0.25, -0.2) is 4.98 Å². The van der Waals surface area contributed by atoms with Crippen LogP contribution in [0.15, 0.2) is 42.6 Å². The average molecular weight is 307 g/mol. The van der Waals surface area contributed by atoms with Crippen LogP contribution in [0.3, 0.4) is 0 Å². The zero-order chi connectivity index (χ0) is 15.1. The Labute approximate surface area is 129 Å². The second kappa shape index (κ2) is 7.98. The molecule has 2 rings (SSSR count). The number of aromatic nitrogens is 1. The molecule has 4 nitrogen and oxygen atoms in total. The monoisotopic (exact) mass is 306 g/mol. The van der Waals surface area contributed by atoms with Gasteiger partial charge >= 0.3 is 0 Å². The normalized spacial score (nSPS) is 12.1. The van der Waals surface area contributed by atoms with E-state index in [1.807, 2.05) is 36.4 Å². The van der Waals surface area contributed by atoms with E-state index in [2.05, 4.69) is 17.2 Å². The van der Waals surface area contributed by atoms with Gasteiger partial charge in [0.2, 0.25) is 0 Å². The second-order valence-corrected chi connectivity index (χ2v) is 5.08. The average Bonchev–Trinajstić information content (AvgIpc) is 2.51. The van der Waals surface area contributed by atoms with E-state index in [0.717, 1.165) is 16.9 Å². The fraction of sp³-hybridized carbons (Fsp3) is 0.312. The standard InChI is InChI=1S/C16H19ClN2O2/c1-12(13-6-7-18-16(17)10-13)19-11-14-4-2-3-5-15(14)21-9-8-20/h2-7,10,12,19-20H,8-9,11H2,1H3. The first-order valence-corrected chi connectivity index (χ1v) is 7.25. The highest BCUT2D eigenvalue weighted by molar-refractivity contribution is 6.29. The Morgan fingerprint density at radius 3 is 2.90 bits per heavy atom. The number of aliphatic hydroxyl groups is 1. The van der Waals surface area contributed by atoms with Crippen LogP contribution in [0.2, 0.25) is 5.15 Å². The van der Waals surface area contributed by atoms with E-state index in [9.17, 15) is 0 Å². The largest absolute Gasteiger partial charge is 0.491 e. The van der Waals surface area contributed by atoms with Gasteiger partial charge < -0.3 is 15.2 Å². The molecule has 1 aromatic heterocycles. The van der Waals surface area contributed by atoms with Gasteiger partial charge in [0.1, 0.15) is 17.5 Å². The summed E-state index contributed by atoms with van der Waals surface area (Å²) in [5.74, 6) is 0.791. The molecular weight excluding hydrogens is 288 g/mol. The second-order valence-electron chi connectivity index (χ2n) is 4.69. The summed E-state index contributed by atoms with van der Waals surface area (Å²) in [5, 5.41) is 12.8. The third kappa shape index (κ3) is 4.70. The number of para-hydroxylation sites is 1. The molecule has 0 aliphatic rings. The van der Waals surface area contributed by atoms with Gasteiger partial charge in [0, 0.05) is 24.3 Å². The maximum Gasteiger partial charge on any atom is 0.129 e. The third-order valence-electron chi connectivity index (χ3n) is 3.17. The molecule has 1 unspecified atom stereocenters. The van der Waals surface area contributed by atoms with Crippen LogP contribution in [0.4, 0.5) is 0 Å². The predicted octanol–water partition coefficient (Wildman–Crippen LogP) is 2.96. The van der Waals surface area contributed by atoms with E-state index in [-0.39, 0.29) is 12.6 Å².